The Morgan fingerprint density at radius 1 is 1.42 bits per heavy atom. The Bertz CT molecular complexity index is 754. The molecule has 140 valence electrons. The summed E-state index contributed by atoms with van der Waals surface area (Å²) in [5.74, 6) is -1.58. The van der Waals surface area contributed by atoms with Crippen LogP contribution in [0.1, 0.15) is 18.4 Å². The van der Waals surface area contributed by atoms with E-state index in [1.165, 1.54) is 30.2 Å². The second kappa shape index (κ2) is 8.95. The highest BCUT2D eigenvalue weighted by atomic mass is 32.2. The number of rotatable bonds is 8. The molecule has 0 N–H and O–H groups in total. The molecule has 0 aromatic heterocycles. The van der Waals surface area contributed by atoms with E-state index in [1.807, 2.05) is 0 Å². The number of hydrogen-bond donors (Lipinski definition) is 0. The van der Waals surface area contributed by atoms with E-state index in [1.54, 1.807) is 6.07 Å². The Morgan fingerprint density at radius 3 is 2.77 bits per heavy atom. The molecule has 0 spiro atoms. The van der Waals surface area contributed by atoms with Crippen molar-refractivity contribution in [2.24, 2.45) is 0 Å². The monoisotopic (exact) mass is 402 g/mol. The fourth-order valence-corrected chi connectivity index (χ4v) is 3.51. The molecule has 1 aliphatic rings. The molecule has 0 radical (unpaired) electrons. The molecule has 1 heterocycles. The van der Waals surface area contributed by atoms with Crippen LogP contribution in [0.5, 0.6) is 11.5 Å². The van der Waals surface area contributed by atoms with E-state index < -0.39 is 12.6 Å². The predicted molar refractivity (Wildman–Crippen MR) is 93.7 cm³/mol. The summed E-state index contributed by atoms with van der Waals surface area (Å²) < 4.78 is 34.7. The largest absolute Gasteiger partial charge is 0.550 e. The molecule has 1 aliphatic heterocycles. The zero-order valence-corrected chi connectivity index (χ0v) is 15.2. The highest BCUT2D eigenvalue weighted by Crippen LogP contribution is 2.35. The third-order valence-electron chi connectivity index (χ3n) is 3.34. The number of halogens is 2. The van der Waals surface area contributed by atoms with Crippen molar-refractivity contribution in [1.82, 2.24) is 4.90 Å². The molecule has 10 heteroatoms. The second-order valence-electron chi connectivity index (χ2n) is 5.10. The fourth-order valence-electron chi connectivity index (χ4n) is 2.20. The molecule has 1 saturated heterocycles. The summed E-state index contributed by atoms with van der Waals surface area (Å²) in [6, 6.07) is 4.36. The lowest BCUT2D eigenvalue weighted by Crippen LogP contribution is -2.30. The maximum atomic E-state index is 12.5. The minimum atomic E-state index is -3.01. The van der Waals surface area contributed by atoms with Gasteiger partial charge in [0.1, 0.15) is 4.32 Å². The zero-order valence-electron chi connectivity index (χ0n) is 13.6. The van der Waals surface area contributed by atoms with Gasteiger partial charge in [0, 0.05) is 12.5 Å². The third kappa shape index (κ3) is 5.15. The molecule has 0 aliphatic carbocycles. The van der Waals surface area contributed by atoms with Crippen LogP contribution in [-0.2, 0) is 9.59 Å². The van der Waals surface area contributed by atoms with Crippen molar-refractivity contribution in [3.8, 4) is 11.5 Å². The van der Waals surface area contributed by atoms with Gasteiger partial charge in [-0.3, -0.25) is 9.69 Å². The first kappa shape index (κ1) is 20.1. The Hall–Kier alpha value is -2.20. The van der Waals surface area contributed by atoms with E-state index in [9.17, 15) is 23.5 Å². The van der Waals surface area contributed by atoms with Gasteiger partial charge >= 0.3 is 6.61 Å². The van der Waals surface area contributed by atoms with Crippen molar-refractivity contribution in [3.63, 3.8) is 0 Å². The number of carboxylic acids is 1. The van der Waals surface area contributed by atoms with Crippen LogP contribution in [0.15, 0.2) is 23.1 Å². The summed E-state index contributed by atoms with van der Waals surface area (Å²) in [5, 5.41) is 10.5. The Labute approximate surface area is 157 Å². The number of hydrogen-bond acceptors (Lipinski definition) is 7. The van der Waals surface area contributed by atoms with Gasteiger partial charge in [-0.2, -0.15) is 8.78 Å². The number of amides is 1. The van der Waals surface area contributed by atoms with E-state index in [2.05, 4.69) is 4.74 Å². The molecule has 1 aromatic carbocycles. The van der Waals surface area contributed by atoms with Crippen molar-refractivity contribution in [2.75, 3.05) is 13.7 Å². The number of benzene rings is 1. The summed E-state index contributed by atoms with van der Waals surface area (Å²) in [4.78, 5) is 24.5. The van der Waals surface area contributed by atoms with E-state index in [4.69, 9.17) is 17.0 Å². The number of ether oxygens (including phenoxy) is 2. The summed E-state index contributed by atoms with van der Waals surface area (Å²) in [6.45, 7) is -2.85. The molecular formula is C16H14F2NO5S2-. The summed E-state index contributed by atoms with van der Waals surface area (Å²) in [7, 11) is 1.32. The molecule has 6 nitrogen and oxygen atoms in total. The molecule has 0 unspecified atom stereocenters. The van der Waals surface area contributed by atoms with E-state index >= 15 is 0 Å². The fraction of sp³-hybridized carbons (Fsp3) is 0.312. The number of thiocarbonyl (C=S) groups is 1. The molecule has 0 atom stereocenters. The van der Waals surface area contributed by atoms with Gasteiger partial charge in [0.05, 0.1) is 12.0 Å². The van der Waals surface area contributed by atoms with Crippen molar-refractivity contribution >= 4 is 46.3 Å². The van der Waals surface area contributed by atoms with Crippen molar-refractivity contribution in [2.45, 2.75) is 19.5 Å². The first-order valence-electron chi connectivity index (χ1n) is 7.40. The SMILES string of the molecule is COc1ccc(/C=C2\SC(=S)N(CCCC(=O)[O-])C2=O)cc1OC(F)F. The van der Waals surface area contributed by atoms with Crippen LogP contribution in [0, 0.1) is 0 Å². The molecule has 1 fully saturated rings. The number of carboxylic acid groups (broad SMARTS) is 1. The zero-order chi connectivity index (χ0) is 19.3. The van der Waals surface area contributed by atoms with Gasteiger partial charge in [0.2, 0.25) is 0 Å². The Balaban J connectivity index is 2.17. The van der Waals surface area contributed by atoms with Crippen LogP contribution >= 0.6 is 24.0 Å². The third-order valence-corrected chi connectivity index (χ3v) is 4.72. The molecule has 1 amide bonds. The quantitative estimate of drug-likeness (QED) is 0.486. The average Bonchev–Trinajstić information content (AvgIpc) is 2.81. The van der Waals surface area contributed by atoms with Crippen LogP contribution in [0.3, 0.4) is 0 Å². The lowest BCUT2D eigenvalue weighted by Gasteiger charge is -2.14. The number of carbonyl (C=O) groups is 2. The average molecular weight is 402 g/mol. The van der Waals surface area contributed by atoms with Crippen molar-refractivity contribution in [1.29, 1.82) is 0 Å². The molecule has 1 aromatic rings. The van der Waals surface area contributed by atoms with Crippen LogP contribution < -0.4 is 14.6 Å². The number of methoxy groups -OCH3 is 1. The molecule has 0 saturated carbocycles. The Morgan fingerprint density at radius 2 is 2.15 bits per heavy atom. The van der Waals surface area contributed by atoms with Crippen LogP contribution in [-0.4, -0.2) is 41.4 Å². The number of alkyl halides is 2. The van der Waals surface area contributed by atoms with Gasteiger partial charge in [-0.1, -0.05) is 30.0 Å². The standard InChI is InChI=1S/C16H15F2NO5S2/c1-23-10-5-4-9(7-11(10)24-15(17)18)8-12-14(22)19(16(25)26-12)6-2-3-13(20)21/h4-5,7-8,15H,2-3,6H2,1H3,(H,20,21)/p-1/b12-8-. The minimum Gasteiger partial charge on any atom is -0.550 e. The normalized spacial score (nSPS) is 15.8. The van der Waals surface area contributed by atoms with Gasteiger partial charge in [-0.05, 0) is 36.6 Å². The predicted octanol–water partition coefficient (Wildman–Crippen LogP) is 2.03. The van der Waals surface area contributed by atoms with Crippen LogP contribution in [0.25, 0.3) is 6.08 Å². The lowest BCUT2D eigenvalue weighted by atomic mass is 10.2. The molecule has 2 rings (SSSR count). The number of aliphatic carboxylic acids is 1. The number of carbonyl (C=O) groups excluding carboxylic acids is 2. The van der Waals surface area contributed by atoms with Gasteiger partial charge in [-0.15, -0.1) is 0 Å². The van der Waals surface area contributed by atoms with Crippen LogP contribution in [0.2, 0.25) is 0 Å². The van der Waals surface area contributed by atoms with Crippen LogP contribution in [0.4, 0.5) is 8.78 Å². The lowest BCUT2D eigenvalue weighted by molar-refractivity contribution is -0.305. The summed E-state index contributed by atoms with van der Waals surface area (Å²) in [6.07, 6.45) is 1.54. The highest BCUT2D eigenvalue weighted by Gasteiger charge is 2.31. The van der Waals surface area contributed by atoms with Gasteiger partial charge in [-0.25, -0.2) is 0 Å². The van der Waals surface area contributed by atoms with Crippen molar-refractivity contribution < 1.29 is 33.0 Å². The first-order chi connectivity index (χ1) is 12.3. The number of thioether (sulfide) groups is 1. The second-order valence-corrected chi connectivity index (χ2v) is 6.77. The topological polar surface area (TPSA) is 78.9 Å². The van der Waals surface area contributed by atoms with E-state index in [0.717, 1.165) is 11.8 Å². The van der Waals surface area contributed by atoms with E-state index in [-0.39, 0.29) is 36.8 Å². The number of nitrogens with zero attached hydrogens (tertiary/aromatic N) is 1. The molecule has 0 bridgehead atoms. The van der Waals surface area contributed by atoms with Gasteiger partial charge in [0.25, 0.3) is 5.91 Å². The van der Waals surface area contributed by atoms with Gasteiger partial charge in [0.15, 0.2) is 11.5 Å². The molecule has 26 heavy (non-hydrogen) atoms. The maximum absolute atomic E-state index is 12.5. The Kier molecular flexibility index (Phi) is 6.92. The van der Waals surface area contributed by atoms with E-state index in [0.29, 0.717) is 14.8 Å². The van der Waals surface area contributed by atoms with Gasteiger partial charge < -0.3 is 19.4 Å². The minimum absolute atomic E-state index is 0.136. The highest BCUT2D eigenvalue weighted by molar-refractivity contribution is 8.26. The molecular weight excluding hydrogens is 388 g/mol. The first-order valence-corrected chi connectivity index (χ1v) is 8.62. The maximum Gasteiger partial charge on any atom is 0.387 e. The van der Waals surface area contributed by atoms with Crippen molar-refractivity contribution in [3.05, 3.63) is 28.7 Å². The smallest absolute Gasteiger partial charge is 0.387 e. The summed E-state index contributed by atoms with van der Waals surface area (Å²) >= 11 is 6.18. The summed E-state index contributed by atoms with van der Waals surface area (Å²) in [5.41, 5.74) is 0.455.